The van der Waals surface area contributed by atoms with Gasteiger partial charge in [0.25, 0.3) is 11.6 Å². The smallest absolute Gasteiger partial charge is 0.298 e. The van der Waals surface area contributed by atoms with Crippen LogP contribution in [0.5, 0.6) is 0 Å². The summed E-state index contributed by atoms with van der Waals surface area (Å²) in [6.07, 6.45) is 4.43. The molecular formula is C20H22N4O2. The fraction of sp³-hybridized carbons (Fsp3) is 0.450. The number of nitrogens with zero attached hydrogens (tertiary/aromatic N) is 4. The van der Waals surface area contributed by atoms with E-state index in [2.05, 4.69) is 15.0 Å². The van der Waals surface area contributed by atoms with Gasteiger partial charge in [0.05, 0.1) is 5.69 Å². The molecule has 0 spiro atoms. The van der Waals surface area contributed by atoms with Crippen molar-refractivity contribution in [2.24, 2.45) is 5.92 Å². The Morgan fingerprint density at radius 1 is 1.04 bits per heavy atom. The number of rotatable bonds is 4. The average molecular weight is 350 g/mol. The van der Waals surface area contributed by atoms with E-state index >= 15 is 0 Å². The standard InChI is InChI=1S/C20H22N4O2/c25-19-8-7-16(15-5-6-15)22-24(19)13-14-9-11-23(12-10-14)20-21-17-3-1-2-4-18(17)26-20/h1-4,7-8,14-15H,5-6,9-13H2. The molecule has 6 nitrogen and oxygen atoms in total. The van der Waals surface area contributed by atoms with Gasteiger partial charge in [-0.25, -0.2) is 4.68 Å². The number of hydrogen-bond acceptors (Lipinski definition) is 5. The normalized spacial score (nSPS) is 18.5. The van der Waals surface area contributed by atoms with Crippen molar-refractivity contribution in [3.8, 4) is 0 Å². The van der Waals surface area contributed by atoms with E-state index in [4.69, 9.17) is 4.42 Å². The first-order chi connectivity index (χ1) is 12.8. The Morgan fingerprint density at radius 3 is 2.62 bits per heavy atom. The minimum Gasteiger partial charge on any atom is -0.423 e. The van der Waals surface area contributed by atoms with Crippen LogP contribution in [-0.2, 0) is 6.54 Å². The first-order valence-corrected chi connectivity index (χ1v) is 9.45. The first kappa shape index (κ1) is 15.6. The van der Waals surface area contributed by atoms with E-state index in [1.165, 1.54) is 12.8 Å². The molecule has 0 radical (unpaired) electrons. The monoisotopic (exact) mass is 350 g/mol. The minimum absolute atomic E-state index is 0.00998. The summed E-state index contributed by atoms with van der Waals surface area (Å²) in [5, 5.41) is 4.59. The maximum absolute atomic E-state index is 12.1. The van der Waals surface area contributed by atoms with Crippen molar-refractivity contribution in [3.05, 3.63) is 52.4 Å². The van der Waals surface area contributed by atoms with Gasteiger partial charge in [0.2, 0.25) is 0 Å². The van der Waals surface area contributed by atoms with Crippen LogP contribution in [0.1, 0.15) is 37.3 Å². The second-order valence-electron chi connectivity index (χ2n) is 7.45. The quantitative estimate of drug-likeness (QED) is 0.723. The van der Waals surface area contributed by atoms with Crippen LogP contribution in [0.2, 0.25) is 0 Å². The van der Waals surface area contributed by atoms with E-state index in [0.29, 0.717) is 24.4 Å². The largest absolute Gasteiger partial charge is 0.423 e. The summed E-state index contributed by atoms with van der Waals surface area (Å²) < 4.78 is 7.55. The van der Waals surface area contributed by atoms with Crippen LogP contribution in [0.15, 0.2) is 45.6 Å². The predicted octanol–water partition coefficient (Wildman–Crippen LogP) is 3.18. The molecule has 6 heteroatoms. The third kappa shape index (κ3) is 3.00. The Morgan fingerprint density at radius 2 is 1.85 bits per heavy atom. The second-order valence-corrected chi connectivity index (χ2v) is 7.45. The average Bonchev–Trinajstić information content (AvgIpc) is 3.42. The molecule has 0 amide bonds. The Bertz CT molecular complexity index is 948. The third-order valence-electron chi connectivity index (χ3n) is 5.48. The molecule has 2 aromatic heterocycles. The van der Waals surface area contributed by atoms with Gasteiger partial charge in [0.15, 0.2) is 5.58 Å². The number of para-hydroxylation sites is 2. The molecule has 1 aliphatic heterocycles. The highest BCUT2D eigenvalue weighted by molar-refractivity contribution is 5.74. The van der Waals surface area contributed by atoms with Crippen molar-refractivity contribution in [1.82, 2.24) is 14.8 Å². The molecule has 0 unspecified atom stereocenters. The minimum atomic E-state index is 0.00998. The molecule has 5 rings (SSSR count). The summed E-state index contributed by atoms with van der Waals surface area (Å²) in [7, 11) is 0. The number of benzene rings is 1. The molecular weight excluding hydrogens is 328 g/mol. The highest BCUT2D eigenvalue weighted by Crippen LogP contribution is 2.38. The van der Waals surface area contributed by atoms with Crippen molar-refractivity contribution in [3.63, 3.8) is 0 Å². The summed E-state index contributed by atoms with van der Waals surface area (Å²) in [5.41, 5.74) is 2.82. The lowest BCUT2D eigenvalue weighted by Crippen LogP contribution is -2.37. The number of fused-ring (bicyclic) bond motifs is 1. The van der Waals surface area contributed by atoms with Gasteiger partial charge < -0.3 is 9.32 Å². The van der Waals surface area contributed by atoms with Gasteiger partial charge >= 0.3 is 0 Å². The molecule has 1 saturated carbocycles. The van der Waals surface area contributed by atoms with E-state index < -0.39 is 0 Å². The van der Waals surface area contributed by atoms with Crippen molar-refractivity contribution in [2.45, 2.75) is 38.1 Å². The molecule has 2 fully saturated rings. The molecule has 134 valence electrons. The Balaban J connectivity index is 1.26. The van der Waals surface area contributed by atoms with Gasteiger partial charge in [0.1, 0.15) is 5.52 Å². The fourth-order valence-corrected chi connectivity index (χ4v) is 3.74. The SMILES string of the molecule is O=c1ccc(C2CC2)nn1CC1CCN(c2nc3ccccc3o2)CC1. The van der Waals surface area contributed by atoms with Gasteiger partial charge in [-0.2, -0.15) is 10.1 Å². The maximum atomic E-state index is 12.1. The van der Waals surface area contributed by atoms with Crippen molar-refractivity contribution < 1.29 is 4.42 Å². The molecule has 0 bridgehead atoms. The van der Waals surface area contributed by atoms with Crippen LogP contribution in [0, 0.1) is 5.92 Å². The van der Waals surface area contributed by atoms with Gasteiger partial charge in [-0.15, -0.1) is 0 Å². The molecule has 3 heterocycles. The van der Waals surface area contributed by atoms with E-state index in [1.807, 2.05) is 30.3 Å². The lowest BCUT2D eigenvalue weighted by Gasteiger charge is -2.30. The topological polar surface area (TPSA) is 64.2 Å². The maximum Gasteiger partial charge on any atom is 0.298 e. The lowest BCUT2D eigenvalue weighted by molar-refractivity contribution is 0.326. The number of oxazole rings is 1. The Hall–Kier alpha value is -2.63. The van der Waals surface area contributed by atoms with Gasteiger partial charge in [-0.1, -0.05) is 12.1 Å². The van der Waals surface area contributed by atoms with Crippen LogP contribution in [0.3, 0.4) is 0 Å². The zero-order chi connectivity index (χ0) is 17.5. The van der Waals surface area contributed by atoms with E-state index in [0.717, 1.165) is 42.7 Å². The first-order valence-electron chi connectivity index (χ1n) is 9.45. The second kappa shape index (κ2) is 6.27. The molecule has 0 N–H and O–H groups in total. The molecule has 26 heavy (non-hydrogen) atoms. The van der Waals surface area contributed by atoms with Crippen LogP contribution < -0.4 is 10.5 Å². The number of hydrogen-bond donors (Lipinski definition) is 0. The predicted molar refractivity (Wildman–Crippen MR) is 99.4 cm³/mol. The molecule has 1 aromatic carbocycles. The Labute approximate surface area is 151 Å². The van der Waals surface area contributed by atoms with Crippen LogP contribution in [-0.4, -0.2) is 27.9 Å². The van der Waals surface area contributed by atoms with Crippen LogP contribution in [0.4, 0.5) is 6.01 Å². The van der Waals surface area contributed by atoms with Gasteiger partial charge in [0, 0.05) is 31.6 Å². The van der Waals surface area contributed by atoms with Gasteiger partial charge in [-0.05, 0) is 49.8 Å². The number of anilines is 1. The Kier molecular flexibility index (Phi) is 3.76. The molecule has 2 aliphatic rings. The molecule has 3 aromatic rings. The highest BCUT2D eigenvalue weighted by Gasteiger charge is 2.27. The zero-order valence-corrected chi connectivity index (χ0v) is 14.7. The zero-order valence-electron chi connectivity index (χ0n) is 14.7. The summed E-state index contributed by atoms with van der Waals surface area (Å²) >= 11 is 0. The summed E-state index contributed by atoms with van der Waals surface area (Å²) in [4.78, 5) is 18.9. The lowest BCUT2D eigenvalue weighted by atomic mass is 9.97. The van der Waals surface area contributed by atoms with Crippen molar-refractivity contribution in [1.29, 1.82) is 0 Å². The summed E-state index contributed by atoms with van der Waals surface area (Å²) in [6.45, 7) is 2.50. The van der Waals surface area contributed by atoms with Crippen LogP contribution >= 0.6 is 0 Å². The van der Waals surface area contributed by atoms with E-state index in [1.54, 1.807) is 10.7 Å². The van der Waals surface area contributed by atoms with E-state index in [9.17, 15) is 4.79 Å². The highest BCUT2D eigenvalue weighted by atomic mass is 16.4. The number of aromatic nitrogens is 3. The molecule has 1 aliphatic carbocycles. The molecule has 1 saturated heterocycles. The van der Waals surface area contributed by atoms with Crippen molar-refractivity contribution >= 4 is 17.1 Å². The third-order valence-corrected chi connectivity index (χ3v) is 5.48. The fourth-order valence-electron chi connectivity index (χ4n) is 3.74. The van der Waals surface area contributed by atoms with Crippen molar-refractivity contribution in [2.75, 3.05) is 18.0 Å². The van der Waals surface area contributed by atoms with Gasteiger partial charge in [-0.3, -0.25) is 4.79 Å². The molecule has 0 atom stereocenters. The summed E-state index contributed by atoms with van der Waals surface area (Å²) in [5.74, 6) is 1.04. The van der Waals surface area contributed by atoms with E-state index in [-0.39, 0.29) is 5.56 Å². The summed E-state index contributed by atoms with van der Waals surface area (Å²) in [6, 6.07) is 12.1. The van der Waals surface area contributed by atoms with Crippen LogP contribution in [0.25, 0.3) is 11.1 Å². The number of piperidine rings is 1.